The van der Waals surface area contributed by atoms with Gasteiger partial charge in [0.15, 0.2) is 0 Å². The normalized spacial score (nSPS) is 18.6. The van der Waals surface area contributed by atoms with Crippen LogP contribution >= 0.6 is 0 Å². The van der Waals surface area contributed by atoms with E-state index in [9.17, 15) is 4.79 Å². The fourth-order valence-electron chi connectivity index (χ4n) is 2.97. The lowest BCUT2D eigenvalue weighted by Gasteiger charge is -2.36. The van der Waals surface area contributed by atoms with E-state index in [1.807, 2.05) is 0 Å². The summed E-state index contributed by atoms with van der Waals surface area (Å²) in [6, 6.07) is 7.25. The number of hydrogen-bond acceptors (Lipinski definition) is 2. The molecule has 0 unspecified atom stereocenters. The van der Waals surface area contributed by atoms with E-state index in [0.29, 0.717) is 6.42 Å². The lowest BCUT2D eigenvalue weighted by molar-refractivity contribution is -0.136. The highest BCUT2D eigenvalue weighted by atomic mass is 16.4. The second-order valence-electron chi connectivity index (χ2n) is 5.38. The first kappa shape index (κ1) is 11.6. The Hall–Kier alpha value is -1.51. The maximum atomic E-state index is 10.6. The van der Waals surface area contributed by atoms with Crippen molar-refractivity contribution >= 4 is 11.7 Å². The minimum Gasteiger partial charge on any atom is -0.481 e. The molecular formula is C15H19NO2. The minimum absolute atomic E-state index is 0.227. The molecule has 0 amide bonds. The van der Waals surface area contributed by atoms with Gasteiger partial charge in [0.2, 0.25) is 0 Å². The Balaban J connectivity index is 1.74. The van der Waals surface area contributed by atoms with E-state index in [0.717, 1.165) is 24.6 Å². The molecule has 0 spiro atoms. The highest BCUT2D eigenvalue weighted by Crippen LogP contribution is 2.36. The molecule has 3 nitrogen and oxygen atoms in total. The highest BCUT2D eigenvalue weighted by Gasteiger charge is 2.29. The van der Waals surface area contributed by atoms with Gasteiger partial charge in [0.05, 0.1) is 0 Å². The standard InChI is InChI=1S/C15H19NO2/c17-15(18)7-5-11-4-6-14-12(10-11)8-9-16(14)13-2-1-3-13/h4,6,10,13H,1-3,5,7-9H2,(H,17,18). The Kier molecular flexibility index (Phi) is 2.98. The van der Waals surface area contributed by atoms with Crippen molar-refractivity contribution in [1.29, 1.82) is 0 Å². The SMILES string of the molecule is O=C(O)CCc1ccc2c(c1)CCN2C1CCC1. The van der Waals surface area contributed by atoms with Crippen LogP contribution in [0.4, 0.5) is 5.69 Å². The van der Waals surface area contributed by atoms with Crippen LogP contribution in [0.5, 0.6) is 0 Å². The largest absolute Gasteiger partial charge is 0.481 e. The molecule has 3 rings (SSSR count). The highest BCUT2D eigenvalue weighted by molar-refractivity contribution is 5.67. The van der Waals surface area contributed by atoms with Crippen molar-refractivity contribution in [2.45, 2.75) is 44.6 Å². The zero-order valence-electron chi connectivity index (χ0n) is 10.6. The summed E-state index contributed by atoms with van der Waals surface area (Å²) in [7, 11) is 0. The van der Waals surface area contributed by atoms with Crippen molar-refractivity contribution in [3.05, 3.63) is 29.3 Å². The van der Waals surface area contributed by atoms with Gasteiger partial charge in [-0.15, -0.1) is 0 Å². The Morgan fingerprint density at radius 1 is 1.39 bits per heavy atom. The van der Waals surface area contributed by atoms with E-state index in [-0.39, 0.29) is 6.42 Å². The van der Waals surface area contributed by atoms with Gasteiger partial charge in [-0.25, -0.2) is 0 Å². The van der Waals surface area contributed by atoms with E-state index in [1.54, 1.807) is 0 Å². The number of aliphatic carboxylic acids is 1. The molecule has 0 saturated heterocycles. The first-order valence-corrected chi connectivity index (χ1v) is 6.84. The molecule has 0 atom stereocenters. The van der Waals surface area contributed by atoms with Gasteiger partial charge in [0, 0.05) is 24.7 Å². The summed E-state index contributed by atoms with van der Waals surface area (Å²) in [6.07, 6.45) is 6.03. The minimum atomic E-state index is -0.716. The van der Waals surface area contributed by atoms with Gasteiger partial charge >= 0.3 is 5.97 Å². The molecule has 1 N–H and O–H groups in total. The predicted molar refractivity (Wildman–Crippen MR) is 71.1 cm³/mol. The van der Waals surface area contributed by atoms with E-state index in [4.69, 9.17) is 5.11 Å². The summed E-state index contributed by atoms with van der Waals surface area (Å²) >= 11 is 0. The van der Waals surface area contributed by atoms with Crippen LogP contribution in [0.25, 0.3) is 0 Å². The van der Waals surface area contributed by atoms with Gasteiger partial charge in [-0.2, -0.15) is 0 Å². The van der Waals surface area contributed by atoms with Crippen molar-refractivity contribution in [3.63, 3.8) is 0 Å². The molecular weight excluding hydrogens is 226 g/mol. The first-order chi connectivity index (χ1) is 8.74. The van der Waals surface area contributed by atoms with Gasteiger partial charge in [-0.3, -0.25) is 4.79 Å². The topological polar surface area (TPSA) is 40.5 Å². The molecule has 3 heteroatoms. The van der Waals surface area contributed by atoms with Crippen LogP contribution in [-0.2, 0) is 17.6 Å². The number of nitrogens with zero attached hydrogens (tertiary/aromatic N) is 1. The third kappa shape index (κ3) is 2.09. The van der Waals surface area contributed by atoms with Gasteiger partial charge in [-0.1, -0.05) is 12.1 Å². The van der Waals surface area contributed by atoms with E-state index in [1.165, 1.54) is 30.5 Å². The predicted octanol–water partition coefficient (Wildman–Crippen LogP) is 2.62. The summed E-state index contributed by atoms with van der Waals surface area (Å²) in [6.45, 7) is 1.14. The molecule has 1 fully saturated rings. The molecule has 1 aliphatic heterocycles. The van der Waals surface area contributed by atoms with Gasteiger partial charge in [0.25, 0.3) is 0 Å². The van der Waals surface area contributed by atoms with Crippen molar-refractivity contribution in [3.8, 4) is 0 Å². The van der Waals surface area contributed by atoms with Crippen LogP contribution in [0.3, 0.4) is 0 Å². The molecule has 1 saturated carbocycles. The molecule has 1 aromatic rings. The number of anilines is 1. The molecule has 2 aliphatic rings. The average Bonchev–Trinajstić information content (AvgIpc) is 2.68. The van der Waals surface area contributed by atoms with Crippen LogP contribution < -0.4 is 4.90 Å². The summed E-state index contributed by atoms with van der Waals surface area (Å²) in [5.74, 6) is -0.716. The second kappa shape index (κ2) is 4.63. The third-order valence-corrected chi connectivity index (χ3v) is 4.22. The van der Waals surface area contributed by atoms with Crippen LogP contribution in [0.2, 0.25) is 0 Å². The van der Waals surface area contributed by atoms with Crippen LogP contribution in [0.1, 0.15) is 36.8 Å². The zero-order valence-corrected chi connectivity index (χ0v) is 10.6. The molecule has 1 heterocycles. The van der Waals surface area contributed by atoms with E-state index in [2.05, 4.69) is 23.1 Å². The van der Waals surface area contributed by atoms with E-state index >= 15 is 0 Å². The maximum absolute atomic E-state index is 10.6. The monoisotopic (exact) mass is 245 g/mol. The van der Waals surface area contributed by atoms with Gasteiger partial charge in [-0.05, 0) is 49.3 Å². The number of carboxylic acid groups (broad SMARTS) is 1. The third-order valence-electron chi connectivity index (χ3n) is 4.22. The van der Waals surface area contributed by atoms with Crippen molar-refractivity contribution in [1.82, 2.24) is 0 Å². The molecule has 18 heavy (non-hydrogen) atoms. The Labute approximate surface area is 107 Å². The number of carbonyl (C=O) groups is 1. The first-order valence-electron chi connectivity index (χ1n) is 6.84. The molecule has 0 aromatic heterocycles. The van der Waals surface area contributed by atoms with Crippen LogP contribution in [-0.4, -0.2) is 23.7 Å². The smallest absolute Gasteiger partial charge is 0.303 e. The molecule has 96 valence electrons. The number of hydrogen-bond donors (Lipinski definition) is 1. The van der Waals surface area contributed by atoms with E-state index < -0.39 is 5.97 Å². The van der Waals surface area contributed by atoms with Gasteiger partial charge in [0.1, 0.15) is 0 Å². The summed E-state index contributed by atoms with van der Waals surface area (Å²) in [5, 5.41) is 8.71. The number of benzene rings is 1. The second-order valence-corrected chi connectivity index (χ2v) is 5.38. The fourth-order valence-corrected chi connectivity index (χ4v) is 2.97. The lowest BCUT2D eigenvalue weighted by atomic mass is 9.91. The molecule has 1 aromatic carbocycles. The summed E-state index contributed by atoms with van der Waals surface area (Å²) in [4.78, 5) is 13.1. The van der Waals surface area contributed by atoms with Crippen molar-refractivity contribution in [2.24, 2.45) is 0 Å². The van der Waals surface area contributed by atoms with Crippen LogP contribution in [0.15, 0.2) is 18.2 Å². The Bertz CT molecular complexity index is 466. The zero-order chi connectivity index (χ0) is 12.5. The van der Waals surface area contributed by atoms with Crippen molar-refractivity contribution in [2.75, 3.05) is 11.4 Å². The fraction of sp³-hybridized carbons (Fsp3) is 0.533. The summed E-state index contributed by atoms with van der Waals surface area (Å²) in [5.41, 5.74) is 3.95. The Morgan fingerprint density at radius 2 is 2.22 bits per heavy atom. The summed E-state index contributed by atoms with van der Waals surface area (Å²) < 4.78 is 0. The molecule has 1 aliphatic carbocycles. The number of fused-ring (bicyclic) bond motifs is 1. The number of aryl methyl sites for hydroxylation is 1. The quantitative estimate of drug-likeness (QED) is 0.886. The maximum Gasteiger partial charge on any atom is 0.303 e. The lowest BCUT2D eigenvalue weighted by Crippen LogP contribution is -2.38. The van der Waals surface area contributed by atoms with Crippen LogP contribution in [0, 0.1) is 0 Å². The average molecular weight is 245 g/mol. The Morgan fingerprint density at radius 3 is 2.89 bits per heavy atom. The molecule has 0 bridgehead atoms. The van der Waals surface area contributed by atoms with Gasteiger partial charge < -0.3 is 10.0 Å². The number of rotatable bonds is 4. The van der Waals surface area contributed by atoms with Crippen molar-refractivity contribution < 1.29 is 9.90 Å². The number of carboxylic acids is 1. The molecule has 0 radical (unpaired) electrons.